The highest BCUT2D eigenvalue weighted by Gasteiger charge is 2.27. The van der Waals surface area contributed by atoms with Gasteiger partial charge in [0.2, 0.25) is 6.10 Å². The molecule has 2 amide bonds. The second-order valence-corrected chi connectivity index (χ2v) is 5.25. The molecule has 6 nitrogen and oxygen atoms in total. The molecule has 2 N–H and O–H groups in total. The van der Waals surface area contributed by atoms with Crippen LogP contribution < -0.4 is 20.3 Å². The summed E-state index contributed by atoms with van der Waals surface area (Å²) in [6.07, 6.45) is -0.838. The number of carbonyl (C=O) groups is 2. The van der Waals surface area contributed by atoms with Gasteiger partial charge >= 0.3 is 0 Å². The first-order valence-electron chi connectivity index (χ1n) is 6.88. The van der Waals surface area contributed by atoms with Gasteiger partial charge in [-0.15, -0.1) is 0 Å². The van der Waals surface area contributed by atoms with E-state index >= 15 is 0 Å². The number of hydrogen-bond acceptors (Lipinski definition) is 4. The second kappa shape index (κ2) is 6.58. The molecule has 1 heterocycles. The molecule has 3 rings (SSSR count). The van der Waals surface area contributed by atoms with Gasteiger partial charge in [-0.25, -0.2) is 0 Å². The molecule has 0 aliphatic carbocycles. The lowest BCUT2D eigenvalue weighted by molar-refractivity contribution is -0.131. The minimum absolute atomic E-state index is 0.0691. The first-order chi connectivity index (χ1) is 11.1. The van der Waals surface area contributed by atoms with Crippen molar-refractivity contribution >= 4 is 23.4 Å². The van der Waals surface area contributed by atoms with Gasteiger partial charge in [-0.3, -0.25) is 20.4 Å². The maximum absolute atomic E-state index is 12.0. The Labute approximate surface area is 137 Å². The number of fused-ring (bicyclic) bond motifs is 1. The highest BCUT2D eigenvalue weighted by molar-refractivity contribution is 6.30. The Morgan fingerprint density at radius 1 is 1.00 bits per heavy atom. The van der Waals surface area contributed by atoms with Crippen molar-refractivity contribution in [2.24, 2.45) is 0 Å². The number of rotatable bonds is 2. The molecule has 0 saturated carbocycles. The third kappa shape index (κ3) is 3.54. The van der Waals surface area contributed by atoms with Gasteiger partial charge in [0.05, 0.1) is 0 Å². The summed E-state index contributed by atoms with van der Waals surface area (Å²) in [5.41, 5.74) is 5.02. The van der Waals surface area contributed by atoms with Gasteiger partial charge in [0.15, 0.2) is 11.5 Å². The van der Waals surface area contributed by atoms with Crippen molar-refractivity contribution in [2.45, 2.75) is 6.10 Å². The normalized spacial score (nSPS) is 15.6. The van der Waals surface area contributed by atoms with Crippen molar-refractivity contribution in [1.29, 1.82) is 0 Å². The smallest absolute Gasteiger partial charge is 0.283 e. The standard InChI is InChI=1S/C16H13ClN2O4/c17-11-7-5-10(6-8-11)15(20)18-19-16(21)14-9-22-12-3-1-2-4-13(12)23-14/h1-8,14H,9H2,(H,18,20)(H,19,21)/t14-/m0/s1. The van der Waals surface area contributed by atoms with Crippen LogP contribution in [0.5, 0.6) is 11.5 Å². The maximum Gasteiger partial charge on any atom is 0.283 e. The topological polar surface area (TPSA) is 76.7 Å². The van der Waals surface area contributed by atoms with Crippen LogP contribution in [0.1, 0.15) is 10.4 Å². The first kappa shape index (κ1) is 15.2. The first-order valence-corrected chi connectivity index (χ1v) is 7.25. The highest BCUT2D eigenvalue weighted by Crippen LogP contribution is 2.30. The summed E-state index contributed by atoms with van der Waals surface area (Å²) >= 11 is 5.75. The lowest BCUT2D eigenvalue weighted by atomic mass is 10.2. The number of amides is 2. The van der Waals surface area contributed by atoms with E-state index in [9.17, 15) is 9.59 Å². The van der Waals surface area contributed by atoms with Gasteiger partial charge in [-0.1, -0.05) is 23.7 Å². The summed E-state index contributed by atoms with van der Waals surface area (Å²) in [7, 11) is 0. The van der Waals surface area contributed by atoms with E-state index in [1.165, 1.54) is 0 Å². The molecule has 0 spiro atoms. The zero-order chi connectivity index (χ0) is 16.2. The van der Waals surface area contributed by atoms with E-state index in [4.69, 9.17) is 21.1 Å². The fourth-order valence-electron chi connectivity index (χ4n) is 2.02. The number of benzene rings is 2. The van der Waals surface area contributed by atoms with Crippen molar-refractivity contribution < 1.29 is 19.1 Å². The molecule has 0 radical (unpaired) electrons. The van der Waals surface area contributed by atoms with E-state index in [1.807, 2.05) is 6.07 Å². The third-order valence-electron chi connectivity index (χ3n) is 3.21. The molecule has 0 saturated heterocycles. The lowest BCUT2D eigenvalue weighted by Crippen LogP contribution is -2.50. The van der Waals surface area contributed by atoms with E-state index in [0.29, 0.717) is 22.1 Å². The summed E-state index contributed by atoms with van der Waals surface area (Å²) in [4.78, 5) is 23.9. The Morgan fingerprint density at radius 3 is 2.43 bits per heavy atom. The molecular formula is C16H13ClN2O4. The Kier molecular flexibility index (Phi) is 4.34. The zero-order valence-electron chi connectivity index (χ0n) is 11.9. The quantitative estimate of drug-likeness (QED) is 0.824. The van der Waals surface area contributed by atoms with Crippen molar-refractivity contribution in [3.05, 3.63) is 59.1 Å². The summed E-state index contributed by atoms with van der Waals surface area (Å²) < 4.78 is 11.0. The van der Waals surface area contributed by atoms with Crippen molar-refractivity contribution in [3.8, 4) is 11.5 Å². The summed E-state index contributed by atoms with van der Waals surface area (Å²) in [5.74, 6) is 0.124. The predicted octanol–water partition coefficient (Wildman–Crippen LogP) is 1.94. The van der Waals surface area contributed by atoms with Crippen LogP contribution in [0.25, 0.3) is 0 Å². The SMILES string of the molecule is O=C(NNC(=O)[C@@H]1COc2ccccc2O1)c1ccc(Cl)cc1. The average Bonchev–Trinajstić information content (AvgIpc) is 2.59. The lowest BCUT2D eigenvalue weighted by Gasteiger charge is -2.25. The van der Waals surface area contributed by atoms with Crippen LogP contribution in [0.2, 0.25) is 5.02 Å². The number of nitrogens with one attached hydrogen (secondary N) is 2. The number of halogens is 1. The molecule has 0 bridgehead atoms. The number of carbonyl (C=O) groups excluding carboxylic acids is 2. The molecule has 1 aliphatic rings. The van der Waals surface area contributed by atoms with Crippen LogP contribution in [-0.2, 0) is 4.79 Å². The van der Waals surface area contributed by atoms with Gasteiger partial charge in [0.1, 0.15) is 6.61 Å². The minimum Gasteiger partial charge on any atom is -0.485 e. The van der Waals surface area contributed by atoms with E-state index in [1.54, 1.807) is 42.5 Å². The number of hydrazine groups is 1. The Morgan fingerprint density at radius 2 is 1.70 bits per heavy atom. The largest absolute Gasteiger partial charge is 0.485 e. The maximum atomic E-state index is 12.0. The third-order valence-corrected chi connectivity index (χ3v) is 3.46. The van der Waals surface area contributed by atoms with Crippen LogP contribution in [0.3, 0.4) is 0 Å². The average molecular weight is 333 g/mol. The molecule has 0 fully saturated rings. The van der Waals surface area contributed by atoms with E-state index in [2.05, 4.69) is 10.9 Å². The summed E-state index contributed by atoms with van der Waals surface area (Å²) in [6, 6.07) is 13.4. The molecule has 1 atom stereocenters. The second-order valence-electron chi connectivity index (χ2n) is 4.81. The van der Waals surface area contributed by atoms with E-state index < -0.39 is 17.9 Å². The van der Waals surface area contributed by atoms with Crippen LogP contribution in [-0.4, -0.2) is 24.5 Å². The van der Waals surface area contributed by atoms with Gasteiger partial charge in [-0.05, 0) is 36.4 Å². The van der Waals surface area contributed by atoms with E-state index in [-0.39, 0.29) is 6.61 Å². The number of ether oxygens (including phenoxy) is 2. The minimum atomic E-state index is -0.838. The van der Waals surface area contributed by atoms with Gasteiger partial charge in [0, 0.05) is 10.6 Å². The number of para-hydroxylation sites is 2. The van der Waals surface area contributed by atoms with Crippen molar-refractivity contribution in [3.63, 3.8) is 0 Å². The van der Waals surface area contributed by atoms with Gasteiger partial charge in [-0.2, -0.15) is 0 Å². The fraction of sp³-hybridized carbons (Fsp3) is 0.125. The van der Waals surface area contributed by atoms with Crippen molar-refractivity contribution in [2.75, 3.05) is 6.61 Å². The van der Waals surface area contributed by atoms with Crippen LogP contribution in [0.15, 0.2) is 48.5 Å². The predicted molar refractivity (Wildman–Crippen MR) is 83.4 cm³/mol. The molecule has 2 aromatic carbocycles. The van der Waals surface area contributed by atoms with E-state index in [0.717, 1.165) is 0 Å². The molecule has 1 aliphatic heterocycles. The monoisotopic (exact) mass is 332 g/mol. The van der Waals surface area contributed by atoms with Gasteiger partial charge in [0.25, 0.3) is 11.8 Å². The van der Waals surface area contributed by atoms with Crippen LogP contribution in [0, 0.1) is 0 Å². The highest BCUT2D eigenvalue weighted by atomic mass is 35.5. The molecule has 118 valence electrons. The van der Waals surface area contributed by atoms with Crippen molar-refractivity contribution in [1.82, 2.24) is 10.9 Å². The summed E-state index contributed by atoms with van der Waals surface area (Å²) in [6.45, 7) is 0.0691. The Hall–Kier alpha value is -2.73. The molecule has 2 aromatic rings. The van der Waals surface area contributed by atoms with Gasteiger partial charge < -0.3 is 9.47 Å². The number of hydrogen-bond donors (Lipinski definition) is 2. The molecule has 0 aromatic heterocycles. The molecular weight excluding hydrogens is 320 g/mol. The molecule has 23 heavy (non-hydrogen) atoms. The molecule has 0 unspecified atom stereocenters. The molecule has 7 heteroatoms. The Bertz CT molecular complexity index is 733. The van der Waals surface area contributed by atoms with Crippen LogP contribution in [0.4, 0.5) is 0 Å². The fourth-order valence-corrected chi connectivity index (χ4v) is 2.15. The zero-order valence-corrected chi connectivity index (χ0v) is 12.7. The summed E-state index contributed by atoms with van der Waals surface area (Å²) in [5, 5.41) is 0.525. The van der Waals surface area contributed by atoms with Crippen LogP contribution >= 0.6 is 11.6 Å². The Balaban J connectivity index is 1.56.